The van der Waals surface area contributed by atoms with E-state index >= 15 is 0 Å². The first kappa shape index (κ1) is 33.5. The number of unbranched alkanes of at least 4 members (excludes halogenated alkanes) is 18. The maximum atomic E-state index is 12.7. The van der Waals surface area contributed by atoms with Gasteiger partial charge in [0.2, 0.25) is 0 Å². The molecule has 206 valence electrons. The van der Waals surface area contributed by atoms with Crippen LogP contribution in [0, 0.1) is 0 Å². The summed E-state index contributed by atoms with van der Waals surface area (Å²) in [5.41, 5.74) is 1.02. The van der Waals surface area contributed by atoms with E-state index in [1.54, 1.807) is 6.07 Å². The smallest absolute Gasteiger partial charge is 0.182 e. The minimum atomic E-state index is 0.0517. The molecule has 36 heavy (non-hydrogen) atoms. The Morgan fingerprint density at radius 3 is 1.36 bits per heavy atom. The molecule has 0 aromatic carbocycles. The van der Waals surface area contributed by atoms with Crippen molar-refractivity contribution in [2.75, 3.05) is 0 Å². The summed E-state index contributed by atoms with van der Waals surface area (Å²) in [4.78, 5) is 29.9. The molecule has 3 nitrogen and oxygen atoms in total. The maximum Gasteiger partial charge on any atom is 0.182 e. The van der Waals surface area contributed by atoms with Crippen molar-refractivity contribution >= 4 is 43.4 Å². The molecule has 0 fully saturated rings. The number of ketones is 2. The third-order valence-corrected chi connectivity index (χ3v) is 8.22. The van der Waals surface area contributed by atoms with Crippen molar-refractivity contribution in [2.24, 2.45) is 0 Å². The van der Waals surface area contributed by atoms with Gasteiger partial charge in [-0.15, -0.1) is 0 Å². The Kier molecular flexibility index (Phi) is 20.9. The number of rotatable bonds is 24. The number of nitrogens with zero attached hydrogens (tertiary/aromatic N) is 1. The van der Waals surface area contributed by atoms with Crippen LogP contribution in [0.25, 0.3) is 0 Å². The molecule has 0 aliphatic heterocycles. The quantitative estimate of drug-likeness (QED) is 0.0649. The van der Waals surface area contributed by atoms with Gasteiger partial charge >= 0.3 is 0 Å². The number of pyridine rings is 1. The number of Topliss-reactive ketones (excluding diaryl/α,β-unsaturated/α-hetero) is 2. The molecule has 0 unspecified atom stereocenters. The van der Waals surface area contributed by atoms with Crippen molar-refractivity contribution in [2.45, 2.75) is 155 Å². The number of carbonyl (C=O) groups excluding carboxylic acids is 2. The molecule has 1 aromatic rings. The van der Waals surface area contributed by atoms with Crippen LogP contribution in [0.3, 0.4) is 0 Å². The Bertz CT molecular complexity index is 674. The number of halogens is 2. The lowest BCUT2D eigenvalue weighted by molar-refractivity contribution is 0.0962. The van der Waals surface area contributed by atoms with Crippen LogP contribution in [-0.2, 0) is 0 Å². The average molecular weight is 630 g/mol. The van der Waals surface area contributed by atoms with Crippen molar-refractivity contribution in [3.63, 3.8) is 0 Å². The molecule has 0 amide bonds. The van der Waals surface area contributed by atoms with Crippen LogP contribution >= 0.6 is 31.9 Å². The Labute approximate surface area is 238 Å². The van der Waals surface area contributed by atoms with Crippen LogP contribution in [-0.4, -0.2) is 16.6 Å². The fraction of sp³-hybridized carbons (Fsp3) is 0.774. The largest absolute Gasteiger partial charge is 0.294 e. The van der Waals surface area contributed by atoms with Crippen LogP contribution in [0.1, 0.15) is 176 Å². The van der Waals surface area contributed by atoms with E-state index in [2.05, 4.69) is 50.7 Å². The van der Waals surface area contributed by atoms with E-state index < -0.39 is 0 Å². The molecule has 0 N–H and O–H groups in total. The number of carbonyl (C=O) groups is 2. The summed E-state index contributed by atoms with van der Waals surface area (Å²) < 4.78 is 1.13. The lowest BCUT2D eigenvalue weighted by Gasteiger charge is -2.09. The molecule has 0 aliphatic rings. The van der Waals surface area contributed by atoms with E-state index in [1.165, 1.54) is 103 Å². The standard InChI is InChI=1S/C31H51Br2NO2/c1-3-5-7-9-11-13-15-17-19-21-23-28(35)26-25-27(32)30(34-31(26)33)29(36)24-22-20-18-16-14-12-10-8-6-4-2/h25H,3-24H2,1-2H3. The zero-order chi connectivity index (χ0) is 26.4. The summed E-state index contributed by atoms with van der Waals surface area (Å²) in [6.45, 7) is 4.50. The molecule has 0 atom stereocenters. The summed E-state index contributed by atoms with van der Waals surface area (Å²) in [7, 11) is 0. The van der Waals surface area contributed by atoms with E-state index in [-0.39, 0.29) is 11.6 Å². The lowest BCUT2D eigenvalue weighted by Crippen LogP contribution is -2.08. The molecule has 0 bridgehead atoms. The molecule has 1 rings (SSSR count). The minimum absolute atomic E-state index is 0.0517. The Morgan fingerprint density at radius 1 is 0.583 bits per heavy atom. The van der Waals surface area contributed by atoms with Gasteiger partial charge in [0.05, 0.1) is 5.56 Å². The molecule has 1 aromatic heterocycles. The highest BCUT2D eigenvalue weighted by Crippen LogP contribution is 2.26. The first-order chi connectivity index (χ1) is 17.5. The topological polar surface area (TPSA) is 47.0 Å². The van der Waals surface area contributed by atoms with Crippen LogP contribution in [0.4, 0.5) is 0 Å². The zero-order valence-corrected chi connectivity index (χ0v) is 26.3. The van der Waals surface area contributed by atoms with Gasteiger partial charge in [-0.2, -0.15) is 0 Å². The van der Waals surface area contributed by atoms with E-state index in [9.17, 15) is 9.59 Å². The highest BCUT2D eigenvalue weighted by atomic mass is 79.9. The predicted molar refractivity (Wildman–Crippen MR) is 161 cm³/mol. The van der Waals surface area contributed by atoms with Gasteiger partial charge < -0.3 is 0 Å². The molecule has 5 heteroatoms. The Hall–Kier alpha value is -0.550. The van der Waals surface area contributed by atoms with Gasteiger partial charge in [-0.3, -0.25) is 9.59 Å². The van der Waals surface area contributed by atoms with E-state index in [0.29, 0.717) is 33.2 Å². The fourth-order valence-electron chi connectivity index (χ4n) is 4.66. The van der Waals surface area contributed by atoms with E-state index in [0.717, 1.165) is 25.7 Å². The summed E-state index contributed by atoms with van der Waals surface area (Å²) in [6.07, 6.45) is 26.1. The van der Waals surface area contributed by atoms with Gasteiger partial charge in [0.15, 0.2) is 11.6 Å². The lowest BCUT2D eigenvalue weighted by atomic mass is 10.0. The molecule has 0 saturated heterocycles. The zero-order valence-electron chi connectivity index (χ0n) is 23.2. The summed E-state index contributed by atoms with van der Waals surface area (Å²) in [5, 5.41) is 0. The first-order valence-electron chi connectivity index (χ1n) is 14.9. The molecular formula is C31H51Br2NO2. The highest BCUT2D eigenvalue weighted by molar-refractivity contribution is 9.11. The average Bonchev–Trinajstić information content (AvgIpc) is 2.87. The number of hydrogen-bond acceptors (Lipinski definition) is 3. The van der Waals surface area contributed by atoms with Gasteiger partial charge in [-0.1, -0.05) is 129 Å². The van der Waals surface area contributed by atoms with Crippen molar-refractivity contribution in [3.05, 3.63) is 26.4 Å². The third-order valence-electron chi connectivity index (χ3n) is 7.01. The molecule has 1 heterocycles. The van der Waals surface area contributed by atoms with Crippen LogP contribution in [0.15, 0.2) is 15.1 Å². The molecular weight excluding hydrogens is 578 g/mol. The van der Waals surface area contributed by atoms with Crippen LogP contribution < -0.4 is 0 Å². The first-order valence-corrected chi connectivity index (χ1v) is 16.5. The second kappa shape index (κ2) is 22.4. The van der Waals surface area contributed by atoms with Crippen molar-refractivity contribution < 1.29 is 9.59 Å². The predicted octanol–water partition coefficient (Wildman–Crippen LogP) is 11.6. The maximum absolute atomic E-state index is 12.7. The van der Waals surface area contributed by atoms with Gasteiger partial charge in [-0.05, 0) is 50.8 Å². The SMILES string of the molecule is CCCCCCCCCCCCC(=O)c1cc(Br)c(C(=O)CCCCCCCCCCCC)nc1Br. The number of aromatic nitrogens is 1. The fourth-order valence-corrected chi connectivity index (χ4v) is 5.71. The monoisotopic (exact) mass is 627 g/mol. The van der Waals surface area contributed by atoms with Gasteiger partial charge in [0.25, 0.3) is 0 Å². The molecule has 0 radical (unpaired) electrons. The van der Waals surface area contributed by atoms with Crippen molar-refractivity contribution in [1.82, 2.24) is 4.98 Å². The second-order valence-corrected chi connectivity index (χ2v) is 12.0. The van der Waals surface area contributed by atoms with Crippen LogP contribution in [0.2, 0.25) is 0 Å². The summed E-state index contributed by atoms with van der Waals surface area (Å²) >= 11 is 6.94. The minimum Gasteiger partial charge on any atom is -0.294 e. The van der Waals surface area contributed by atoms with E-state index in [4.69, 9.17) is 0 Å². The van der Waals surface area contributed by atoms with E-state index in [1.807, 2.05) is 0 Å². The summed E-state index contributed by atoms with van der Waals surface area (Å²) in [5.74, 6) is 0.152. The highest BCUT2D eigenvalue weighted by Gasteiger charge is 2.18. The molecule has 0 saturated carbocycles. The van der Waals surface area contributed by atoms with Gasteiger partial charge in [-0.25, -0.2) is 4.98 Å². The molecule has 0 spiro atoms. The second-order valence-electron chi connectivity index (χ2n) is 10.4. The van der Waals surface area contributed by atoms with Gasteiger partial charge in [0, 0.05) is 17.3 Å². The molecule has 0 aliphatic carbocycles. The Morgan fingerprint density at radius 2 is 0.944 bits per heavy atom. The van der Waals surface area contributed by atoms with Crippen molar-refractivity contribution in [1.29, 1.82) is 0 Å². The normalized spacial score (nSPS) is 11.2. The Balaban J connectivity index is 2.26. The van der Waals surface area contributed by atoms with Gasteiger partial charge in [0.1, 0.15) is 10.3 Å². The number of hydrogen-bond donors (Lipinski definition) is 0. The summed E-state index contributed by atoms with van der Waals surface area (Å²) in [6, 6.07) is 1.78. The third kappa shape index (κ3) is 15.6. The van der Waals surface area contributed by atoms with Crippen molar-refractivity contribution in [3.8, 4) is 0 Å². The van der Waals surface area contributed by atoms with Crippen LogP contribution in [0.5, 0.6) is 0 Å².